The van der Waals surface area contributed by atoms with Gasteiger partial charge in [-0.2, -0.15) is 0 Å². The van der Waals surface area contributed by atoms with E-state index in [9.17, 15) is 0 Å². The summed E-state index contributed by atoms with van der Waals surface area (Å²) in [6.45, 7) is 16.3. The molecule has 6 aromatic rings. The summed E-state index contributed by atoms with van der Waals surface area (Å²) in [6, 6.07) is 16.6. The van der Waals surface area contributed by atoms with E-state index < -0.39 is 0 Å². The largest absolute Gasteiger partial charge is 0.307 e. The number of fused-ring (bicyclic) bond motifs is 5. The molecule has 3 heterocycles. The fourth-order valence-corrected chi connectivity index (χ4v) is 6.40. The Balaban J connectivity index is 1.95. The van der Waals surface area contributed by atoms with Crippen LogP contribution in [0.25, 0.3) is 49.0 Å². The van der Waals surface area contributed by atoms with Crippen LogP contribution in [-0.2, 0) is 19.9 Å². The molecule has 178 valence electrons. The summed E-state index contributed by atoms with van der Waals surface area (Å²) in [5.74, 6) is 0.625. The number of hydrogen-bond donors (Lipinski definition) is 0. The van der Waals surface area contributed by atoms with Crippen LogP contribution in [0.1, 0.15) is 56.9 Å². The molecule has 3 aromatic carbocycles. The number of aryl methyl sites for hydroxylation is 3. The molecule has 0 aliphatic carbocycles. The minimum atomic E-state index is 0.227. The maximum absolute atomic E-state index is 2.60. The van der Waals surface area contributed by atoms with Crippen LogP contribution in [0, 0.1) is 25.2 Å². The van der Waals surface area contributed by atoms with E-state index in [1.807, 2.05) is 0 Å². The Kier molecular flexibility index (Phi) is 4.75. The molecule has 0 spiro atoms. The van der Waals surface area contributed by atoms with Gasteiger partial charge in [0.1, 0.15) is 7.05 Å². The Morgan fingerprint density at radius 1 is 0.914 bits per heavy atom. The van der Waals surface area contributed by atoms with E-state index in [2.05, 4.69) is 113 Å². The van der Waals surface area contributed by atoms with Crippen LogP contribution in [0.2, 0.25) is 0 Å². The van der Waals surface area contributed by atoms with Crippen LogP contribution in [-0.4, -0.2) is 4.40 Å². The predicted octanol–water partition coefficient (Wildman–Crippen LogP) is 8.22. The molecule has 0 saturated heterocycles. The molecule has 0 N–H and O–H groups in total. The Bertz CT molecular complexity index is 1770. The first kappa shape index (κ1) is 22.3. The Morgan fingerprint density at radius 3 is 2.40 bits per heavy atom. The normalized spacial score (nSPS) is 13.1. The highest BCUT2D eigenvalue weighted by Gasteiger charge is 2.26. The predicted molar refractivity (Wildman–Crippen MR) is 151 cm³/mol. The second-order valence-corrected chi connectivity index (χ2v) is 12.4. The third-order valence-corrected chi connectivity index (χ3v) is 7.80. The summed E-state index contributed by atoms with van der Waals surface area (Å²) in [6.07, 6.45) is 4.41. The van der Waals surface area contributed by atoms with Crippen molar-refractivity contribution in [1.29, 1.82) is 0 Å². The van der Waals surface area contributed by atoms with Crippen LogP contribution < -0.4 is 4.57 Å². The van der Waals surface area contributed by atoms with Crippen molar-refractivity contribution < 1.29 is 4.57 Å². The zero-order chi connectivity index (χ0) is 24.8. The van der Waals surface area contributed by atoms with E-state index in [4.69, 9.17) is 0 Å². The lowest BCUT2D eigenvalue weighted by molar-refractivity contribution is -0.643. The van der Waals surface area contributed by atoms with Gasteiger partial charge in [-0.1, -0.05) is 52.8 Å². The zero-order valence-corrected chi connectivity index (χ0v) is 22.5. The third kappa shape index (κ3) is 3.26. The summed E-state index contributed by atoms with van der Waals surface area (Å²) in [5.41, 5.74) is 11.3. The van der Waals surface area contributed by atoms with Crippen molar-refractivity contribution in [1.82, 2.24) is 4.40 Å². The second-order valence-electron chi connectivity index (χ2n) is 12.4. The first-order chi connectivity index (χ1) is 16.5. The standard InChI is InChI=1S/C33H37N2/c1-19(2)14-22-16-23-12-13-34(8)32-28-21(4)20(3)15-25-29-24(18-33(5,6)7)10-9-11-26(29)35(31(25)28)27(17-22)30(23)32/h9-13,15-17,19H,14,18H2,1-8H3/q+1. The quantitative estimate of drug-likeness (QED) is 0.143. The van der Waals surface area contributed by atoms with Gasteiger partial charge in [-0.05, 0) is 83.9 Å². The SMILES string of the molecule is Cc1cc2c3c(CC(C)(C)C)cccc3n3c4cc(CC(C)C)cc5cc[n+](C)c(c(c1C)c23)c54. The molecule has 0 aliphatic rings. The van der Waals surface area contributed by atoms with Gasteiger partial charge in [-0.3, -0.25) is 0 Å². The number of pyridine rings is 2. The van der Waals surface area contributed by atoms with Crippen LogP contribution >= 0.6 is 0 Å². The lowest BCUT2D eigenvalue weighted by Crippen LogP contribution is -2.29. The summed E-state index contributed by atoms with van der Waals surface area (Å²) >= 11 is 0. The molecule has 0 radical (unpaired) electrons. The van der Waals surface area contributed by atoms with Crippen molar-refractivity contribution in [2.24, 2.45) is 18.4 Å². The molecule has 0 saturated carbocycles. The van der Waals surface area contributed by atoms with Gasteiger partial charge in [0.05, 0.1) is 27.3 Å². The van der Waals surface area contributed by atoms with Crippen molar-refractivity contribution in [2.45, 2.75) is 61.3 Å². The smallest absolute Gasteiger partial charge is 0.224 e. The molecular weight excluding hydrogens is 424 g/mol. The van der Waals surface area contributed by atoms with Gasteiger partial charge in [0.15, 0.2) is 6.20 Å². The second kappa shape index (κ2) is 7.43. The highest BCUT2D eigenvalue weighted by Crippen LogP contribution is 2.43. The molecule has 0 bridgehead atoms. The minimum Gasteiger partial charge on any atom is -0.307 e. The van der Waals surface area contributed by atoms with Gasteiger partial charge in [0, 0.05) is 16.8 Å². The first-order valence-electron chi connectivity index (χ1n) is 13.1. The molecule has 6 rings (SSSR count). The van der Waals surface area contributed by atoms with E-state index in [0.717, 1.165) is 12.8 Å². The molecule has 2 nitrogen and oxygen atoms in total. The topological polar surface area (TPSA) is 8.29 Å². The molecule has 0 aliphatic heterocycles. The monoisotopic (exact) mass is 461 g/mol. The Labute approximate surface area is 208 Å². The van der Waals surface area contributed by atoms with Gasteiger partial charge >= 0.3 is 0 Å². The van der Waals surface area contributed by atoms with E-state index in [1.54, 1.807) is 0 Å². The molecule has 3 aromatic heterocycles. The molecule has 0 amide bonds. The van der Waals surface area contributed by atoms with Crippen molar-refractivity contribution in [3.05, 3.63) is 70.9 Å². The molecule has 0 atom stereocenters. The number of hydrogen-bond acceptors (Lipinski definition) is 0. The van der Waals surface area contributed by atoms with E-state index in [-0.39, 0.29) is 5.41 Å². The average molecular weight is 462 g/mol. The zero-order valence-electron chi connectivity index (χ0n) is 22.5. The third-order valence-electron chi connectivity index (χ3n) is 7.80. The van der Waals surface area contributed by atoms with Crippen molar-refractivity contribution in [3.63, 3.8) is 0 Å². The minimum absolute atomic E-state index is 0.227. The fraction of sp³-hybridized carbons (Fsp3) is 0.364. The first-order valence-corrected chi connectivity index (χ1v) is 13.1. The summed E-state index contributed by atoms with van der Waals surface area (Å²) < 4.78 is 4.93. The van der Waals surface area contributed by atoms with Crippen LogP contribution in [0.3, 0.4) is 0 Å². The molecule has 0 fully saturated rings. The van der Waals surface area contributed by atoms with Gasteiger partial charge in [0.25, 0.3) is 0 Å². The fourth-order valence-electron chi connectivity index (χ4n) is 6.40. The molecular formula is C33H37N2+. The van der Waals surface area contributed by atoms with E-state index in [0.29, 0.717) is 5.92 Å². The molecule has 2 heteroatoms. The lowest BCUT2D eigenvalue weighted by atomic mass is 9.86. The summed E-state index contributed by atoms with van der Waals surface area (Å²) in [4.78, 5) is 0. The van der Waals surface area contributed by atoms with Crippen molar-refractivity contribution in [2.75, 3.05) is 0 Å². The Morgan fingerprint density at radius 2 is 1.69 bits per heavy atom. The van der Waals surface area contributed by atoms with Crippen LogP contribution in [0.4, 0.5) is 0 Å². The van der Waals surface area contributed by atoms with Crippen molar-refractivity contribution >= 4 is 49.0 Å². The van der Waals surface area contributed by atoms with Gasteiger partial charge < -0.3 is 4.40 Å². The number of rotatable bonds is 3. The maximum atomic E-state index is 2.60. The molecule has 35 heavy (non-hydrogen) atoms. The number of aromatic nitrogens is 2. The highest BCUT2D eigenvalue weighted by molar-refractivity contribution is 6.26. The highest BCUT2D eigenvalue weighted by atomic mass is 15.0. The molecule has 0 unspecified atom stereocenters. The lowest BCUT2D eigenvalue weighted by Gasteiger charge is -2.19. The average Bonchev–Trinajstić information content (AvgIpc) is 3.09. The number of nitrogens with zero attached hydrogens (tertiary/aromatic N) is 2. The van der Waals surface area contributed by atoms with Gasteiger partial charge in [-0.25, -0.2) is 4.57 Å². The summed E-state index contributed by atoms with van der Waals surface area (Å²) in [5, 5.41) is 6.95. The van der Waals surface area contributed by atoms with E-state index in [1.165, 1.54) is 71.3 Å². The summed E-state index contributed by atoms with van der Waals surface area (Å²) in [7, 11) is 2.21. The maximum Gasteiger partial charge on any atom is 0.224 e. The van der Waals surface area contributed by atoms with Crippen molar-refractivity contribution in [3.8, 4) is 0 Å². The van der Waals surface area contributed by atoms with Crippen LogP contribution in [0.5, 0.6) is 0 Å². The van der Waals surface area contributed by atoms with Gasteiger partial charge in [0.2, 0.25) is 5.52 Å². The number of benzene rings is 3. The Hall–Kier alpha value is -3.13. The van der Waals surface area contributed by atoms with E-state index >= 15 is 0 Å². The van der Waals surface area contributed by atoms with Gasteiger partial charge in [-0.15, -0.1) is 0 Å². The van der Waals surface area contributed by atoms with Crippen LogP contribution in [0.15, 0.2) is 48.7 Å².